The first-order valence-electron chi connectivity index (χ1n) is 3.65. The van der Waals surface area contributed by atoms with Gasteiger partial charge in [0.25, 0.3) is 0 Å². The highest BCUT2D eigenvalue weighted by Gasteiger charge is 2.24. The number of nitrogens with two attached hydrogens (primary N) is 1. The molecule has 1 heterocycles. The summed E-state index contributed by atoms with van der Waals surface area (Å²) in [6, 6.07) is -0.368. The van der Waals surface area contributed by atoms with Gasteiger partial charge in [-0.15, -0.1) is 0 Å². The average molecular weight is 179 g/mol. The lowest BCUT2D eigenvalue weighted by atomic mass is 10.1. The molecular formula is C6H13NO3S. The number of aliphatic hydroxyl groups is 1. The SMILES string of the molecule is N[C@@H]1CCS(=O)(=O)CC[C@@H]1O. The fourth-order valence-electron chi connectivity index (χ4n) is 1.12. The average Bonchev–Trinajstić information content (AvgIpc) is 2.03. The van der Waals surface area contributed by atoms with Crippen LogP contribution in [0.1, 0.15) is 12.8 Å². The minimum Gasteiger partial charge on any atom is -0.391 e. The van der Waals surface area contributed by atoms with Gasteiger partial charge in [0.2, 0.25) is 0 Å². The fraction of sp³-hybridized carbons (Fsp3) is 1.00. The lowest BCUT2D eigenvalue weighted by molar-refractivity contribution is 0.142. The molecule has 1 aliphatic rings. The molecule has 0 aromatic heterocycles. The summed E-state index contributed by atoms with van der Waals surface area (Å²) in [6.45, 7) is 0. The molecule has 0 bridgehead atoms. The number of hydrogen-bond donors (Lipinski definition) is 2. The second kappa shape index (κ2) is 3.08. The Balaban J connectivity index is 2.66. The van der Waals surface area contributed by atoms with Crippen LogP contribution in [0.25, 0.3) is 0 Å². The van der Waals surface area contributed by atoms with Crippen LogP contribution in [0.5, 0.6) is 0 Å². The Morgan fingerprint density at radius 1 is 1.27 bits per heavy atom. The molecule has 1 aliphatic heterocycles. The normalized spacial score (nSPS) is 38.0. The molecule has 0 aliphatic carbocycles. The van der Waals surface area contributed by atoms with Crippen molar-refractivity contribution in [2.24, 2.45) is 5.73 Å². The summed E-state index contributed by atoms with van der Waals surface area (Å²) in [6.07, 6.45) is 0.0137. The van der Waals surface area contributed by atoms with Crippen LogP contribution in [0.4, 0.5) is 0 Å². The second-order valence-electron chi connectivity index (χ2n) is 2.96. The van der Waals surface area contributed by atoms with Crippen LogP contribution in [0.15, 0.2) is 0 Å². The summed E-state index contributed by atoms with van der Waals surface area (Å²) in [5, 5.41) is 9.20. The predicted octanol–water partition coefficient (Wildman–Crippen LogP) is -1.12. The van der Waals surface area contributed by atoms with Crippen LogP contribution < -0.4 is 5.73 Å². The van der Waals surface area contributed by atoms with Crippen LogP contribution >= 0.6 is 0 Å². The third-order valence-electron chi connectivity index (χ3n) is 1.98. The van der Waals surface area contributed by atoms with Crippen molar-refractivity contribution in [3.63, 3.8) is 0 Å². The molecule has 4 nitrogen and oxygen atoms in total. The van der Waals surface area contributed by atoms with Gasteiger partial charge in [0, 0.05) is 6.04 Å². The molecule has 3 N–H and O–H groups in total. The summed E-state index contributed by atoms with van der Waals surface area (Å²) < 4.78 is 22.0. The molecule has 1 saturated heterocycles. The Labute approximate surface area is 66.3 Å². The number of aliphatic hydroxyl groups excluding tert-OH is 1. The van der Waals surface area contributed by atoms with E-state index < -0.39 is 15.9 Å². The van der Waals surface area contributed by atoms with E-state index in [9.17, 15) is 13.5 Å². The first kappa shape index (κ1) is 8.96. The van der Waals surface area contributed by atoms with Gasteiger partial charge in [-0.1, -0.05) is 0 Å². The van der Waals surface area contributed by atoms with E-state index in [1.54, 1.807) is 0 Å². The summed E-state index contributed by atoms with van der Waals surface area (Å²) in [4.78, 5) is 0. The van der Waals surface area contributed by atoms with Crippen molar-refractivity contribution in [3.8, 4) is 0 Å². The molecule has 0 unspecified atom stereocenters. The molecule has 11 heavy (non-hydrogen) atoms. The van der Waals surface area contributed by atoms with E-state index in [0.29, 0.717) is 6.42 Å². The first-order valence-corrected chi connectivity index (χ1v) is 5.47. The molecule has 1 fully saturated rings. The molecule has 0 saturated carbocycles. The van der Waals surface area contributed by atoms with Gasteiger partial charge in [0.15, 0.2) is 0 Å². The van der Waals surface area contributed by atoms with Gasteiger partial charge in [-0.3, -0.25) is 0 Å². The molecule has 2 atom stereocenters. The summed E-state index contributed by atoms with van der Waals surface area (Å²) in [5.41, 5.74) is 5.48. The molecule has 1 rings (SSSR count). The standard InChI is InChI=1S/C6H13NO3S/c7-5-1-3-11(9,10)4-2-6(5)8/h5-6,8H,1-4,7H2/t5-,6+/m1/s1. The Morgan fingerprint density at radius 2 is 1.82 bits per heavy atom. The lowest BCUT2D eigenvalue weighted by Gasteiger charge is -2.12. The summed E-state index contributed by atoms with van der Waals surface area (Å²) in [7, 11) is -2.93. The largest absolute Gasteiger partial charge is 0.391 e. The minimum absolute atomic E-state index is 0.0713. The van der Waals surface area contributed by atoms with E-state index in [2.05, 4.69) is 0 Å². The maximum Gasteiger partial charge on any atom is 0.150 e. The zero-order valence-electron chi connectivity index (χ0n) is 6.23. The maximum absolute atomic E-state index is 11.0. The van der Waals surface area contributed by atoms with Crippen molar-refractivity contribution in [1.82, 2.24) is 0 Å². The first-order chi connectivity index (χ1) is 5.01. The van der Waals surface area contributed by atoms with Crippen molar-refractivity contribution >= 4 is 9.84 Å². The number of sulfone groups is 1. The monoisotopic (exact) mass is 179 g/mol. The zero-order chi connectivity index (χ0) is 8.48. The molecule has 5 heteroatoms. The predicted molar refractivity (Wildman–Crippen MR) is 41.9 cm³/mol. The van der Waals surface area contributed by atoms with Gasteiger partial charge in [0.05, 0.1) is 17.6 Å². The molecule has 0 spiro atoms. The Hall–Kier alpha value is -0.130. The fourth-order valence-corrected chi connectivity index (χ4v) is 2.56. The van der Waals surface area contributed by atoms with E-state index in [-0.39, 0.29) is 24.0 Å². The lowest BCUT2D eigenvalue weighted by Crippen LogP contribution is -2.34. The van der Waals surface area contributed by atoms with Crippen molar-refractivity contribution in [3.05, 3.63) is 0 Å². The molecule has 0 aromatic rings. The van der Waals surface area contributed by atoms with Gasteiger partial charge in [-0.25, -0.2) is 8.42 Å². The minimum atomic E-state index is -2.93. The van der Waals surface area contributed by atoms with E-state index in [4.69, 9.17) is 5.73 Å². The Morgan fingerprint density at radius 3 is 2.45 bits per heavy atom. The van der Waals surface area contributed by atoms with Crippen molar-refractivity contribution in [2.75, 3.05) is 11.5 Å². The van der Waals surface area contributed by atoms with Gasteiger partial charge < -0.3 is 10.8 Å². The molecule has 0 amide bonds. The highest BCUT2D eigenvalue weighted by molar-refractivity contribution is 7.91. The van der Waals surface area contributed by atoms with Crippen molar-refractivity contribution < 1.29 is 13.5 Å². The van der Waals surface area contributed by atoms with Gasteiger partial charge in [0.1, 0.15) is 9.84 Å². The summed E-state index contributed by atoms with van der Waals surface area (Å²) in [5.74, 6) is 0.188. The van der Waals surface area contributed by atoms with Gasteiger partial charge >= 0.3 is 0 Å². The molecule has 0 radical (unpaired) electrons. The Bertz CT molecular complexity index is 206. The Kier molecular flexibility index (Phi) is 2.51. The quantitative estimate of drug-likeness (QED) is 0.494. The van der Waals surface area contributed by atoms with Crippen LogP contribution in [0, 0.1) is 0 Å². The zero-order valence-corrected chi connectivity index (χ0v) is 7.05. The van der Waals surface area contributed by atoms with Crippen molar-refractivity contribution in [2.45, 2.75) is 25.0 Å². The highest BCUT2D eigenvalue weighted by atomic mass is 32.2. The topological polar surface area (TPSA) is 80.4 Å². The van der Waals surface area contributed by atoms with E-state index in [1.807, 2.05) is 0 Å². The third kappa shape index (κ3) is 2.43. The molecular weight excluding hydrogens is 166 g/mol. The second-order valence-corrected chi connectivity index (χ2v) is 5.26. The van der Waals surface area contributed by atoms with Crippen LogP contribution in [-0.2, 0) is 9.84 Å². The van der Waals surface area contributed by atoms with Gasteiger partial charge in [-0.05, 0) is 12.8 Å². The van der Waals surface area contributed by atoms with Crippen LogP contribution in [-0.4, -0.2) is 37.2 Å². The van der Waals surface area contributed by atoms with E-state index in [0.717, 1.165) is 0 Å². The van der Waals surface area contributed by atoms with E-state index >= 15 is 0 Å². The summed E-state index contributed by atoms with van der Waals surface area (Å²) >= 11 is 0. The van der Waals surface area contributed by atoms with Crippen LogP contribution in [0.3, 0.4) is 0 Å². The third-order valence-corrected chi connectivity index (χ3v) is 3.70. The van der Waals surface area contributed by atoms with Crippen LogP contribution in [0.2, 0.25) is 0 Å². The molecule has 0 aromatic carbocycles. The highest BCUT2D eigenvalue weighted by Crippen LogP contribution is 2.11. The van der Waals surface area contributed by atoms with Gasteiger partial charge in [-0.2, -0.15) is 0 Å². The number of hydrogen-bond acceptors (Lipinski definition) is 4. The smallest absolute Gasteiger partial charge is 0.150 e. The van der Waals surface area contributed by atoms with E-state index in [1.165, 1.54) is 0 Å². The molecule has 66 valence electrons. The van der Waals surface area contributed by atoms with Crippen molar-refractivity contribution in [1.29, 1.82) is 0 Å². The maximum atomic E-state index is 11.0. The number of rotatable bonds is 0.